The van der Waals surface area contributed by atoms with Gasteiger partial charge in [-0.15, -0.1) is 0 Å². The number of unbranched alkanes of at least 4 members (excludes halogenated alkanes) is 55. The maximum atomic E-state index is 13.1. The summed E-state index contributed by atoms with van der Waals surface area (Å²) in [6.45, 7) is 7.36. The number of aliphatic hydroxyl groups excluding tert-OH is 1. The second kappa shape index (κ2) is 76.8. The lowest BCUT2D eigenvalue weighted by atomic mass is 9.99. The van der Waals surface area contributed by atoms with E-state index in [1.54, 1.807) is 0 Å². The van der Waals surface area contributed by atoms with Crippen molar-refractivity contribution in [1.82, 2.24) is 0 Å². The molecular formula is C84H164O17P2. The summed E-state index contributed by atoms with van der Waals surface area (Å²) >= 11 is 0. The molecule has 0 bridgehead atoms. The molecule has 0 aliphatic carbocycles. The van der Waals surface area contributed by atoms with Gasteiger partial charge < -0.3 is 33.8 Å². The van der Waals surface area contributed by atoms with E-state index >= 15 is 0 Å². The minimum Gasteiger partial charge on any atom is -0.462 e. The van der Waals surface area contributed by atoms with E-state index < -0.39 is 97.5 Å². The van der Waals surface area contributed by atoms with Crippen LogP contribution in [0, 0.1) is 5.92 Å². The van der Waals surface area contributed by atoms with Crippen LogP contribution in [0.15, 0.2) is 0 Å². The van der Waals surface area contributed by atoms with Gasteiger partial charge in [0.2, 0.25) is 0 Å². The molecule has 0 spiro atoms. The van der Waals surface area contributed by atoms with Gasteiger partial charge in [-0.25, -0.2) is 9.13 Å². The molecule has 612 valence electrons. The van der Waals surface area contributed by atoms with E-state index in [9.17, 15) is 43.2 Å². The summed E-state index contributed by atoms with van der Waals surface area (Å²) in [4.78, 5) is 73.2. The van der Waals surface area contributed by atoms with Crippen LogP contribution in [0.5, 0.6) is 0 Å². The van der Waals surface area contributed by atoms with Crippen LogP contribution < -0.4 is 0 Å². The van der Waals surface area contributed by atoms with Crippen molar-refractivity contribution in [3.63, 3.8) is 0 Å². The molecule has 3 N–H and O–H groups in total. The van der Waals surface area contributed by atoms with Crippen molar-refractivity contribution < 1.29 is 80.2 Å². The van der Waals surface area contributed by atoms with Crippen LogP contribution in [0.1, 0.15) is 452 Å². The predicted molar refractivity (Wildman–Crippen MR) is 423 cm³/mol. The summed E-state index contributed by atoms with van der Waals surface area (Å²) in [7, 11) is -9.92. The molecule has 6 atom stereocenters. The molecule has 0 aromatic heterocycles. The number of hydrogen-bond acceptors (Lipinski definition) is 15. The molecule has 19 heteroatoms. The number of phosphoric ester groups is 2. The van der Waals surface area contributed by atoms with Crippen LogP contribution in [-0.4, -0.2) is 96.7 Å². The molecular weight excluding hydrogens is 1340 g/mol. The number of carbonyl (C=O) groups is 4. The molecule has 3 unspecified atom stereocenters. The number of aliphatic hydroxyl groups is 1. The van der Waals surface area contributed by atoms with E-state index in [0.717, 1.165) is 95.8 Å². The summed E-state index contributed by atoms with van der Waals surface area (Å²) in [6, 6.07) is 0. The fourth-order valence-electron chi connectivity index (χ4n) is 13.1. The van der Waals surface area contributed by atoms with Crippen LogP contribution in [0.4, 0.5) is 0 Å². The summed E-state index contributed by atoms with van der Waals surface area (Å²) in [5, 5.41) is 10.7. The van der Waals surface area contributed by atoms with E-state index in [-0.39, 0.29) is 25.7 Å². The average Bonchev–Trinajstić information content (AvgIpc) is 0.975. The van der Waals surface area contributed by atoms with E-state index in [1.165, 1.54) is 276 Å². The van der Waals surface area contributed by atoms with Crippen molar-refractivity contribution in [2.75, 3.05) is 39.6 Å². The van der Waals surface area contributed by atoms with E-state index in [2.05, 4.69) is 34.6 Å². The highest BCUT2D eigenvalue weighted by Crippen LogP contribution is 2.45. The van der Waals surface area contributed by atoms with Gasteiger partial charge >= 0.3 is 39.5 Å². The molecule has 0 fully saturated rings. The minimum absolute atomic E-state index is 0.108. The first-order valence-electron chi connectivity index (χ1n) is 43.7. The Bertz CT molecular complexity index is 1960. The Labute approximate surface area is 632 Å². The zero-order valence-electron chi connectivity index (χ0n) is 67.5. The monoisotopic (exact) mass is 1510 g/mol. The lowest BCUT2D eigenvalue weighted by Crippen LogP contribution is -2.30. The Kier molecular flexibility index (Phi) is 75.4. The smallest absolute Gasteiger partial charge is 0.462 e. The van der Waals surface area contributed by atoms with Gasteiger partial charge in [-0.1, -0.05) is 401 Å². The largest absolute Gasteiger partial charge is 0.472 e. The molecule has 0 heterocycles. The number of hydrogen-bond donors (Lipinski definition) is 3. The Hall–Kier alpha value is -1.94. The van der Waals surface area contributed by atoms with Crippen molar-refractivity contribution in [1.29, 1.82) is 0 Å². The van der Waals surface area contributed by atoms with Gasteiger partial charge in [0.25, 0.3) is 0 Å². The van der Waals surface area contributed by atoms with Crippen LogP contribution in [0.25, 0.3) is 0 Å². The molecule has 17 nitrogen and oxygen atoms in total. The summed E-state index contributed by atoms with van der Waals surface area (Å²) in [5.74, 6) is -1.32. The molecule has 0 amide bonds. The first kappa shape index (κ1) is 101. The fourth-order valence-corrected chi connectivity index (χ4v) is 14.7. The van der Waals surface area contributed by atoms with Crippen molar-refractivity contribution in [3.8, 4) is 0 Å². The van der Waals surface area contributed by atoms with Crippen LogP contribution in [0.3, 0.4) is 0 Å². The quantitative estimate of drug-likeness (QED) is 0.0222. The fraction of sp³-hybridized carbons (Fsp3) is 0.952. The molecule has 0 aromatic rings. The zero-order chi connectivity index (χ0) is 75.5. The molecule has 0 aliphatic heterocycles. The lowest BCUT2D eigenvalue weighted by Gasteiger charge is -2.21. The predicted octanol–water partition coefficient (Wildman–Crippen LogP) is 25.6. The van der Waals surface area contributed by atoms with Gasteiger partial charge in [0.15, 0.2) is 12.2 Å². The Morgan fingerprint density at radius 1 is 0.272 bits per heavy atom. The lowest BCUT2D eigenvalue weighted by molar-refractivity contribution is -0.161. The highest BCUT2D eigenvalue weighted by atomic mass is 31.2. The van der Waals surface area contributed by atoms with E-state index in [1.807, 2.05) is 0 Å². The van der Waals surface area contributed by atoms with Crippen molar-refractivity contribution >= 4 is 39.5 Å². The number of rotatable bonds is 84. The number of phosphoric acid groups is 2. The van der Waals surface area contributed by atoms with Crippen LogP contribution in [0.2, 0.25) is 0 Å². The Balaban J connectivity index is 5.24. The average molecular weight is 1510 g/mol. The topological polar surface area (TPSA) is 237 Å². The highest BCUT2D eigenvalue weighted by Gasteiger charge is 2.30. The third kappa shape index (κ3) is 76.6. The maximum Gasteiger partial charge on any atom is 0.472 e. The Morgan fingerprint density at radius 2 is 0.466 bits per heavy atom. The van der Waals surface area contributed by atoms with Crippen LogP contribution >= 0.6 is 15.6 Å². The SMILES string of the molecule is CCCCCCCCCCCCCCCCCCCCCCC(=O)O[C@H](COC(=O)CCCCCCCCCCCCCCCCCCCC)COP(=O)(O)OC[C@@H](O)COP(=O)(O)OC[C@@H](COC(=O)CCCCCCCCCCC(C)CC)OC(=O)CCCCCCCCCCCCCCC. The summed E-state index contributed by atoms with van der Waals surface area (Å²) in [6.07, 6.45) is 69.3. The van der Waals surface area contributed by atoms with Crippen LogP contribution in [-0.2, 0) is 65.4 Å². The van der Waals surface area contributed by atoms with Gasteiger partial charge in [0.1, 0.15) is 19.3 Å². The third-order valence-corrected chi connectivity index (χ3v) is 22.0. The normalized spacial score (nSPS) is 14.1. The van der Waals surface area contributed by atoms with Gasteiger partial charge in [-0.3, -0.25) is 37.3 Å². The second-order valence-corrected chi connectivity index (χ2v) is 33.4. The second-order valence-electron chi connectivity index (χ2n) is 30.5. The number of esters is 4. The summed E-state index contributed by atoms with van der Waals surface area (Å²) < 4.78 is 68.8. The Morgan fingerprint density at radius 3 is 0.689 bits per heavy atom. The van der Waals surface area contributed by atoms with Gasteiger partial charge in [-0.05, 0) is 31.6 Å². The van der Waals surface area contributed by atoms with Crippen molar-refractivity contribution in [3.05, 3.63) is 0 Å². The summed E-state index contributed by atoms with van der Waals surface area (Å²) in [5.41, 5.74) is 0. The van der Waals surface area contributed by atoms with Gasteiger partial charge in [-0.2, -0.15) is 0 Å². The minimum atomic E-state index is -4.96. The molecule has 0 saturated carbocycles. The molecule has 0 radical (unpaired) electrons. The first-order chi connectivity index (χ1) is 50.1. The van der Waals surface area contributed by atoms with Gasteiger partial charge in [0, 0.05) is 25.7 Å². The number of carbonyl (C=O) groups excluding carboxylic acids is 4. The molecule has 103 heavy (non-hydrogen) atoms. The van der Waals surface area contributed by atoms with E-state index in [0.29, 0.717) is 25.7 Å². The molecule has 0 rings (SSSR count). The first-order valence-corrected chi connectivity index (χ1v) is 46.7. The van der Waals surface area contributed by atoms with Crippen molar-refractivity contribution in [2.45, 2.75) is 470 Å². The zero-order valence-corrected chi connectivity index (χ0v) is 69.3. The third-order valence-electron chi connectivity index (χ3n) is 20.1. The van der Waals surface area contributed by atoms with Gasteiger partial charge in [0.05, 0.1) is 26.4 Å². The highest BCUT2D eigenvalue weighted by molar-refractivity contribution is 7.47. The maximum absolute atomic E-state index is 13.1. The standard InChI is InChI=1S/C84H164O17P2/c1-6-10-13-16-19-22-25-28-30-32-34-35-37-39-42-45-48-55-60-65-70-84(89)100-79(73-94-81(86)67-62-57-52-46-43-41-38-36-33-31-29-26-23-20-17-14-11-7-2)75-98-102(90,91)96-71-78(85)72-97-103(92,93)99-76-80(74-95-82(87)68-63-58-53-50-49-51-56-61-66-77(5)9-4)101-83(88)69-64-59-54-47-44-40-27-24-21-18-15-12-8-3/h77-80,85H,6-76H2,1-5H3,(H,90,91)(H,92,93)/t77?,78-,79-,80-/m1/s1. The van der Waals surface area contributed by atoms with E-state index in [4.69, 9.17) is 37.0 Å². The molecule has 0 aromatic carbocycles. The van der Waals surface area contributed by atoms with Crippen molar-refractivity contribution in [2.24, 2.45) is 5.92 Å². The molecule has 0 saturated heterocycles. The molecule has 0 aliphatic rings. The number of ether oxygens (including phenoxy) is 4.